The van der Waals surface area contributed by atoms with Crippen molar-refractivity contribution in [2.75, 3.05) is 18.0 Å². The first-order chi connectivity index (χ1) is 11.3. The van der Waals surface area contributed by atoms with Crippen molar-refractivity contribution in [1.82, 2.24) is 20.2 Å². The number of benzene rings is 1. The fourth-order valence-electron chi connectivity index (χ4n) is 5.37. The van der Waals surface area contributed by atoms with Gasteiger partial charge in [0.05, 0.1) is 6.04 Å². The van der Waals surface area contributed by atoms with Gasteiger partial charge in [0.1, 0.15) is 0 Å². The molecular weight excluding hydrogens is 286 g/mol. The number of nitrogens with zero attached hydrogens (tertiary/aromatic N) is 5. The van der Waals surface area contributed by atoms with E-state index in [1.807, 2.05) is 10.7 Å². The molecule has 2 aromatic rings. The van der Waals surface area contributed by atoms with E-state index < -0.39 is 0 Å². The highest BCUT2D eigenvalue weighted by molar-refractivity contribution is 5.34. The second-order valence-electron chi connectivity index (χ2n) is 7.58. The third-order valence-electron chi connectivity index (χ3n) is 6.54. The minimum Gasteiger partial charge on any atom is -0.339 e. The van der Waals surface area contributed by atoms with Crippen LogP contribution in [0.2, 0.25) is 0 Å². The maximum absolute atomic E-state index is 4.37. The average Bonchev–Trinajstić information content (AvgIpc) is 3.34. The third-order valence-corrected chi connectivity index (χ3v) is 6.54. The third kappa shape index (κ3) is 2.02. The maximum atomic E-state index is 4.37. The summed E-state index contributed by atoms with van der Waals surface area (Å²) in [5.74, 6) is 4.64. The molecule has 0 unspecified atom stereocenters. The summed E-state index contributed by atoms with van der Waals surface area (Å²) in [5, 5.41) is 12.7. The van der Waals surface area contributed by atoms with E-state index in [0.717, 1.165) is 42.7 Å². The normalized spacial score (nSPS) is 33.2. The van der Waals surface area contributed by atoms with Crippen LogP contribution < -0.4 is 4.90 Å². The van der Waals surface area contributed by atoms with Crippen molar-refractivity contribution < 1.29 is 0 Å². The van der Waals surface area contributed by atoms with Crippen LogP contribution in [0.15, 0.2) is 30.3 Å². The number of fused-ring (bicyclic) bond motifs is 5. The highest BCUT2D eigenvalue weighted by atomic mass is 15.6. The van der Waals surface area contributed by atoms with Gasteiger partial charge in [0, 0.05) is 13.1 Å². The second kappa shape index (κ2) is 5.05. The zero-order valence-electron chi connectivity index (χ0n) is 13.5. The van der Waals surface area contributed by atoms with Gasteiger partial charge in [-0.25, -0.2) is 4.68 Å². The van der Waals surface area contributed by atoms with Crippen LogP contribution in [-0.2, 0) is 0 Å². The quantitative estimate of drug-likeness (QED) is 0.874. The SMILES string of the molecule is C[C@H](c1ccccc1)n1nnnc1N1C[C@@H]2[C@@H]3CC[C@@H](C3)[C@@H]2C1. The molecule has 23 heavy (non-hydrogen) atoms. The molecule has 3 aliphatic rings. The number of rotatable bonds is 3. The minimum absolute atomic E-state index is 0.165. The molecule has 1 aromatic carbocycles. The predicted molar refractivity (Wildman–Crippen MR) is 88.1 cm³/mol. The van der Waals surface area contributed by atoms with Gasteiger partial charge >= 0.3 is 0 Å². The summed E-state index contributed by atoms with van der Waals surface area (Å²) in [6.07, 6.45) is 4.38. The largest absolute Gasteiger partial charge is 0.339 e. The summed E-state index contributed by atoms with van der Waals surface area (Å²) >= 11 is 0. The van der Waals surface area contributed by atoms with Crippen molar-refractivity contribution in [2.24, 2.45) is 23.7 Å². The zero-order chi connectivity index (χ0) is 15.4. The maximum Gasteiger partial charge on any atom is 0.246 e. The molecule has 1 saturated heterocycles. The standard InChI is InChI=1S/C18H23N5/c1-12(13-5-3-2-4-6-13)23-18(19-20-21-23)22-10-16-14-7-8-15(9-14)17(16)11-22/h2-6,12,14-17H,7-11H2,1H3/t12-,14-,15+,16-,17+/m1/s1. The number of hydrogen-bond donors (Lipinski definition) is 0. The highest BCUT2D eigenvalue weighted by Gasteiger charge is 2.52. The Bertz CT molecular complexity index is 678. The second-order valence-corrected chi connectivity index (χ2v) is 7.58. The van der Waals surface area contributed by atoms with Gasteiger partial charge in [0.2, 0.25) is 5.95 Å². The van der Waals surface area contributed by atoms with Crippen LogP contribution in [0.5, 0.6) is 0 Å². The predicted octanol–water partition coefficient (Wildman–Crippen LogP) is 2.76. The Balaban J connectivity index is 1.42. The van der Waals surface area contributed by atoms with Crippen LogP contribution in [0.1, 0.15) is 37.8 Å². The van der Waals surface area contributed by atoms with Crippen LogP contribution in [0, 0.1) is 23.7 Å². The Morgan fingerprint density at radius 1 is 1.04 bits per heavy atom. The molecule has 0 N–H and O–H groups in total. The Labute approximate surface area is 136 Å². The summed E-state index contributed by atoms with van der Waals surface area (Å²) in [4.78, 5) is 2.44. The average molecular weight is 309 g/mol. The van der Waals surface area contributed by atoms with Gasteiger partial charge in [-0.15, -0.1) is 0 Å². The summed E-state index contributed by atoms with van der Waals surface area (Å²) in [6, 6.07) is 10.7. The Hall–Kier alpha value is -1.91. The summed E-state index contributed by atoms with van der Waals surface area (Å²) in [6.45, 7) is 4.47. The van der Waals surface area contributed by atoms with Crippen molar-refractivity contribution >= 4 is 5.95 Å². The lowest BCUT2D eigenvalue weighted by Gasteiger charge is -2.22. The van der Waals surface area contributed by atoms with Gasteiger partial charge in [0.25, 0.3) is 0 Å². The van der Waals surface area contributed by atoms with Gasteiger partial charge in [-0.3, -0.25) is 0 Å². The van der Waals surface area contributed by atoms with Crippen LogP contribution >= 0.6 is 0 Å². The molecule has 0 amide bonds. The number of tetrazole rings is 1. The Morgan fingerprint density at radius 3 is 2.43 bits per heavy atom. The van der Waals surface area contributed by atoms with Crippen LogP contribution in [0.4, 0.5) is 5.95 Å². The summed E-state index contributed by atoms with van der Waals surface area (Å²) in [7, 11) is 0. The number of hydrogen-bond acceptors (Lipinski definition) is 4. The van der Waals surface area contributed by atoms with Crippen molar-refractivity contribution in [3.8, 4) is 0 Å². The fourth-order valence-corrected chi connectivity index (χ4v) is 5.37. The molecule has 2 heterocycles. The van der Waals surface area contributed by atoms with Crippen LogP contribution in [-0.4, -0.2) is 33.3 Å². The first kappa shape index (κ1) is 13.5. The van der Waals surface area contributed by atoms with E-state index in [2.05, 4.69) is 51.6 Å². The molecule has 0 radical (unpaired) electrons. The first-order valence-corrected chi connectivity index (χ1v) is 8.89. The molecule has 2 bridgehead atoms. The molecule has 5 nitrogen and oxygen atoms in total. The zero-order valence-corrected chi connectivity index (χ0v) is 13.5. The highest BCUT2D eigenvalue weighted by Crippen LogP contribution is 2.55. The van der Waals surface area contributed by atoms with Crippen molar-refractivity contribution in [1.29, 1.82) is 0 Å². The lowest BCUT2D eigenvalue weighted by Crippen LogP contribution is -2.27. The van der Waals surface area contributed by atoms with Crippen LogP contribution in [0.25, 0.3) is 0 Å². The van der Waals surface area contributed by atoms with E-state index in [1.54, 1.807) is 0 Å². The number of aromatic nitrogens is 4. The van der Waals surface area contributed by atoms with E-state index in [-0.39, 0.29) is 6.04 Å². The Kier molecular flexibility index (Phi) is 2.97. The smallest absolute Gasteiger partial charge is 0.246 e. The van der Waals surface area contributed by atoms with Crippen molar-refractivity contribution in [2.45, 2.75) is 32.2 Å². The monoisotopic (exact) mass is 309 g/mol. The molecule has 0 spiro atoms. The first-order valence-electron chi connectivity index (χ1n) is 8.89. The van der Waals surface area contributed by atoms with Gasteiger partial charge < -0.3 is 4.90 Å². The molecule has 1 aromatic heterocycles. The minimum atomic E-state index is 0.165. The molecule has 2 aliphatic carbocycles. The molecule has 2 saturated carbocycles. The lowest BCUT2D eigenvalue weighted by molar-refractivity contribution is 0.281. The Morgan fingerprint density at radius 2 is 1.74 bits per heavy atom. The van der Waals surface area contributed by atoms with E-state index in [1.165, 1.54) is 24.8 Å². The molecule has 5 atom stereocenters. The summed E-state index contributed by atoms with van der Waals surface area (Å²) in [5.41, 5.74) is 1.25. The molecule has 5 heteroatoms. The topological polar surface area (TPSA) is 46.8 Å². The van der Waals surface area contributed by atoms with Crippen LogP contribution in [0.3, 0.4) is 0 Å². The van der Waals surface area contributed by atoms with Gasteiger partial charge in [0.15, 0.2) is 0 Å². The van der Waals surface area contributed by atoms with Crippen molar-refractivity contribution in [3.63, 3.8) is 0 Å². The number of anilines is 1. The summed E-state index contributed by atoms with van der Waals surface area (Å²) < 4.78 is 2.00. The van der Waals surface area contributed by atoms with Gasteiger partial charge in [-0.2, -0.15) is 0 Å². The van der Waals surface area contributed by atoms with E-state index in [9.17, 15) is 0 Å². The van der Waals surface area contributed by atoms with Gasteiger partial charge in [-0.05, 0) is 65.8 Å². The van der Waals surface area contributed by atoms with E-state index in [4.69, 9.17) is 0 Å². The molecule has 3 fully saturated rings. The molecule has 5 rings (SSSR count). The molecule has 1 aliphatic heterocycles. The van der Waals surface area contributed by atoms with E-state index in [0.29, 0.717) is 0 Å². The fraction of sp³-hybridized carbons (Fsp3) is 0.611. The van der Waals surface area contributed by atoms with Crippen molar-refractivity contribution in [3.05, 3.63) is 35.9 Å². The molecule has 120 valence electrons. The lowest BCUT2D eigenvalue weighted by atomic mass is 9.82. The van der Waals surface area contributed by atoms with E-state index >= 15 is 0 Å². The molecular formula is C18H23N5. The van der Waals surface area contributed by atoms with Gasteiger partial charge in [-0.1, -0.05) is 35.4 Å².